The van der Waals surface area contributed by atoms with Crippen molar-refractivity contribution in [1.82, 2.24) is 0 Å². The van der Waals surface area contributed by atoms with Crippen LogP contribution in [0.3, 0.4) is 0 Å². The standard InChI is InChI=1S/C15H20O/c1-3-4-5-7-14-9-10-15(8-6-11-16)13(2)12-14/h6,8-12H,3-5,7H2,1-2H3. The molecule has 0 aromatic heterocycles. The Hall–Kier alpha value is -1.37. The fourth-order valence-corrected chi connectivity index (χ4v) is 1.80. The summed E-state index contributed by atoms with van der Waals surface area (Å²) in [6, 6.07) is 6.48. The van der Waals surface area contributed by atoms with Gasteiger partial charge in [0.1, 0.15) is 6.29 Å². The highest BCUT2D eigenvalue weighted by Gasteiger charge is 1.97. The summed E-state index contributed by atoms with van der Waals surface area (Å²) in [5, 5.41) is 0. The molecule has 0 atom stereocenters. The Morgan fingerprint density at radius 2 is 2.06 bits per heavy atom. The molecule has 0 aliphatic carbocycles. The molecule has 0 aliphatic heterocycles. The van der Waals surface area contributed by atoms with Crippen LogP contribution in [0.5, 0.6) is 0 Å². The first-order valence-corrected chi connectivity index (χ1v) is 5.99. The maximum atomic E-state index is 10.2. The highest BCUT2D eigenvalue weighted by molar-refractivity contribution is 5.74. The summed E-state index contributed by atoms with van der Waals surface area (Å²) < 4.78 is 0. The van der Waals surface area contributed by atoms with E-state index in [0.717, 1.165) is 18.3 Å². The van der Waals surface area contributed by atoms with Gasteiger partial charge < -0.3 is 0 Å². The van der Waals surface area contributed by atoms with Crippen molar-refractivity contribution < 1.29 is 4.79 Å². The molecule has 0 saturated carbocycles. The maximum absolute atomic E-state index is 10.2. The molecule has 0 N–H and O–H groups in total. The number of allylic oxidation sites excluding steroid dienone is 1. The average Bonchev–Trinajstić information content (AvgIpc) is 2.28. The molecule has 0 bridgehead atoms. The number of benzene rings is 1. The van der Waals surface area contributed by atoms with Crippen LogP contribution in [0.25, 0.3) is 6.08 Å². The summed E-state index contributed by atoms with van der Waals surface area (Å²) in [7, 11) is 0. The molecule has 0 fully saturated rings. The first-order valence-electron chi connectivity index (χ1n) is 5.99. The van der Waals surface area contributed by atoms with Gasteiger partial charge in [0.25, 0.3) is 0 Å². The van der Waals surface area contributed by atoms with Crippen LogP contribution in [0, 0.1) is 6.92 Å². The molecular formula is C15H20O. The van der Waals surface area contributed by atoms with Crippen molar-refractivity contribution >= 4 is 12.4 Å². The summed E-state index contributed by atoms with van der Waals surface area (Å²) in [4.78, 5) is 10.2. The minimum atomic E-state index is 0.814. The van der Waals surface area contributed by atoms with E-state index in [0.29, 0.717) is 0 Å². The summed E-state index contributed by atoms with van der Waals surface area (Å²) in [5.41, 5.74) is 3.77. The molecule has 16 heavy (non-hydrogen) atoms. The average molecular weight is 216 g/mol. The lowest BCUT2D eigenvalue weighted by molar-refractivity contribution is -0.104. The Labute approximate surface area is 98.2 Å². The predicted molar refractivity (Wildman–Crippen MR) is 69.5 cm³/mol. The van der Waals surface area contributed by atoms with E-state index in [-0.39, 0.29) is 0 Å². The zero-order valence-electron chi connectivity index (χ0n) is 10.2. The number of aldehydes is 1. The largest absolute Gasteiger partial charge is 0.299 e. The van der Waals surface area contributed by atoms with E-state index in [1.807, 2.05) is 6.08 Å². The smallest absolute Gasteiger partial charge is 0.142 e. The van der Waals surface area contributed by atoms with E-state index < -0.39 is 0 Å². The van der Waals surface area contributed by atoms with Crippen LogP contribution in [0.1, 0.15) is 42.9 Å². The van der Waals surface area contributed by atoms with E-state index in [1.165, 1.54) is 30.4 Å². The minimum absolute atomic E-state index is 0.814. The van der Waals surface area contributed by atoms with Gasteiger partial charge in [0.15, 0.2) is 0 Å². The predicted octanol–water partition coefficient (Wildman–Crippen LogP) is 3.94. The molecule has 0 amide bonds. The van der Waals surface area contributed by atoms with Crippen LogP contribution >= 0.6 is 0 Å². The van der Waals surface area contributed by atoms with Crippen molar-refractivity contribution in [3.63, 3.8) is 0 Å². The molecule has 0 radical (unpaired) electrons. The van der Waals surface area contributed by atoms with Crippen LogP contribution in [0.15, 0.2) is 24.3 Å². The number of hydrogen-bond donors (Lipinski definition) is 0. The molecule has 0 heterocycles. The number of hydrogen-bond acceptors (Lipinski definition) is 1. The van der Waals surface area contributed by atoms with Gasteiger partial charge in [-0.15, -0.1) is 0 Å². The van der Waals surface area contributed by atoms with Gasteiger partial charge in [-0.05, 0) is 42.5 Å². The Bertz CT molecular complexity index is 364. The number of aryl methyl sites for hydroxylation is 2. The first kappa shape index (κ1) is 12.7. The first-order chi connectivity index (χ1) is 7.77. The van der Waals surface area contributed by atoms with Crippen LogP contribution in [0.2, 0.25) is 0 Å². The highest BCUT2D eigenvalue weighted by Crippen LogP contribution is 2.14. The van der Waals surface area contributed by atoms with Gasteiger partial charge in [-0.25, -0.2) is 0 Å². The second-order valence-corrected chi connectivity index (χ2v) is 4.14. The van der Waals surface area contributed by atoms with Crippen molar-refractivity contribution in [3.05, 3.63) is 41.0 Å². The van der Waals surface area contributed by atoms with Crippen LogP contribution < -0.4 is 0 Å². The zero-order chi connectivity index (χ0) is 11.8. The van der Waals surface area contributed by atoms with Crippen LogP contribution in [-0.2, 0) is 11.2 Å². The number of carbonyl (C=O) groups is 1. The third kappa shape index (κ3) is 4.01. The lowest BCUT2D eigenvalue weighted by atomic mass is 10.0. The topological polar surface area (TPSA) is 17.1 Å². The Morgan fingerprint density at radius 1 is 1.25 bits per heavy atom. The van der Waals surface area contributed by atoms with Crippen LogP contribution in [-0.4, -0.2) is 6.29 Å². The SMILES string of the molecule is CCCCCc1ccc(C=CC=O)c(C)c1. The third-order valence-corrected chi connectivity index (χ3v) is 2.76. The van der Waals surface area contributed by atoms with Crippen molar-refractivity contribution in [2.24, 2.45) is 0 Å². The molecule has 1 nitrogen and oxygen atoms in total. The van der Waals surface area contributed by atoms with Crippen molar-refractivity contribution in [3.8, 4) is 0 Å². The second-order valence-electron chi connectivity index (χ2n) is 4.14. The lowest BCUT2D eigenvalue weighted by Crippen LogP contribution is -1.89. The molecule has 0 aliphatic rings. The Balaban J connectivity index is 2.67. The summed E-state index contributed by atoms with van der Waals surface area (Å²) >= 11 is 0. The highest BCUT2D eigenvalue weighted by atomic mass is 16.1. The van der Waals surface area contributed by atoms with Gasteiger partial charge in [0.2, 0.25) is 0 Å². The Morgan fingerprint density at radius 3 is 2.69 bits per heavy atom. The molecule has 1 aromatic rings. The molecule has 86 valence electrons. The molecule has 1 aromatic carbocycles. The minimum Gasteiger partial charge on any atom is -0.299 e. The molecule has 0 saturated heterocycles. The number of rotatable bonds is 6. The van der Waals surface area contributed by atoms with Gasteiger partial charge in [-0.2, -0.15) is 0 Å². The van der Waals surface area contributed by atoms with Crippen molar-refractivity contribution in [2.45, 2.75) is 39.5 Å². The summed E-state index contributed by atoms with van der Waals surface area (Å²) in [5.74, 6) is 0. The fourth-order valence-electron chi connectivity index (χ4n) is 1.80. The third-order valence-electron chi connectivity index (χ3n) is 2.76. The number of carbonyl (C=O) groups excluding carboxylic acids is 1. The normalized spacial score (nSPS) is 10.9. The Kier molecular flexibility index (Phi) is 5.55. The van der Waals surface area contributed by atoms with E-state index >= 15 is 0 Å². The van der Waals surface area contributed by atoms with Gasteiger partial charge in [0.05, 0.1) is 0 Å². The monoisotopic (exact) mass is 216 g/mol. The second kappa shape index (κ2) is 7.00. The number of unbranched alkanes of at least 4 members (excludes halogenated alkanes) is 2. The quantitative estimate of drug-likeness (QED) is 0.400. The van der Waals surface area contributed by atoms with Crippen LogP contribution in [0.4, 0.5) is 0 Å². The maximum Gasteiger partial charge on any atom is 0.142 e. The molecular weight excluding hydrogens is 196 g/mol. The van der Waals surface area contributed by atoms with E-state index in [9.17, 15) is 4.79 Å². The van der Waals surface area contributed by atoms with E-state index in [2.05, 4.69) is 32.0 Å². The molecule has 0 unspecified atom stereocenters. The molecule has 1 rings (SSSR count). The van der Waals surface area contributed by atoms with Gasteiger partial charge in [-0.3, -0.25) is 4.79 Å². The zero-order valence-corrected chi connectivity index (χ0v) is 10.2. The fraction of sp³-hybridized carbons (Fsp3) is 0.400. The van der Waals surface area contributed by atoms with E-state index in [4.69, 9.17) is 0 Å². The van der Waals surface area contributed by atoms with Gasteiger partial charge in [0, 0.05) is 0 Å². The molecule has 0 spiro atoms. The van der Waals surface area contributed by atoms with E-state index in [1.54, 1.807) is 6.08 Å². The lowest BCUT2D eigenvalue weighted by Gasteiger charge is -2.05. The van der Waals surface area contributed by atoms with Crippen molar-refractivity contribution in [1.29, 1.82) is 0 Å². The summed E-state index contributed by atoms with van der Waals surface area (Å²) in [6.45, 7) is 4.31. The molecule has 1 heteroatoms. The summed E-state index contributed by atoms with van der Waals surface area (Å²) in [6.07, 6.45) is 9.20. The van der Waals surface area contributed by atoms with Gasteiger partial charge >= 0.3 is 0 Å². The van der Waals surface area contributed by atoms with Crippen molar-refractivity contribution in [2.75, 3.05) is 0 Å². The van der Waals surface area contributed by atoms with Gasteiger partial charge in [-0.1, -0.05) is 44.0 Å².